The molecule has 1 aromatic carbocycles. The number of esters is 1. The van der Waals surface area contributed by atoms with E-state index in [0.717, 1.165) is 22.6 Å². The molecule has 1 aliphatic carbocycles. The zero-order chi connectivity index (χ0) is 51.8. The lowest BCUT2D eigenvalue weighted by atomic mass is 9.81. The van der Waals surface area contributed by atoms with E-state index in [2.05, 4.69) is 0 Å². The van der Waals surface area contributed by atoms with Gasteiger partial charge in [-0.25, -0.2) is 4.79 Å². The van der Waals surface area contributed by atoms with Crippen LogP contribution >= 0.6 is 0 Å². The number of benzene rings is 1. The van der Waals surface area contributed by atoms with Gasteiger partial charge in [-0.3, -0.25) is 19.2 Å². The Hall–Kier alpha value is -3.84. The van der Waals surface area contributed by atoms with Crippen molar-refractivity contribution >= 4 is 29.2 Å². The van der Waals surface area contributed by atoms with Gasteiger partial charge in [0.25, 0.3) is 11.7 Å². The lowest BCUT2D eigenvalue weighted by Crippen LogP contribution is -2.64. The number of amides is 1. The fraction of sp³-hybridized carbons (Fsp3) is 0.717. The molecule has 4 aliphatic rings. The number of ketones is 3. The summed E-state index contributed by atoms with van der Waals surface area (Å²) in [6, 6.07) is 1.97. The Kier molecular flexibility index (Phi) is 20.2. The van der Waals surface area contributed by atoms with Gasteiger partial charge in [0.05, 0.1) is 36.1 Å². The first kappa shape index (κ1) is 57.1. The van der Waals surface area contributed by atoms with Crippen LogP contribution < -0.4 is 0 Å². The number of aliphatic hydroxyl groups excluding tert-OH is 1. The summed E-state index contributed by atoms with van der Waals surface area (Å²) in [4.78, 5) is 71.4. The van der Waals surface area contributed by atoms with Crippen LogP contribution in [0.25, 0.3) is 0 Å². The predicted molar refractivity (Wildman–Crippen MR) is 252 cm³/mol. The zero-order valence-corrected chi connectivity index (χ0v) is 42.6. The van der Waals surface area contributed by atoms with Crippen molar-refractivity contribution in [3.63, 3.8) is 0 Å². The van der Waals surface area contributed by atoms with Gasteiger partial charge in [-0.2, -0.15) is 13.2 Å². The SMILES string of the molecule is CCC1/C=C(\C)CC(C)CC(OC)C2OC(O)(C(=O)C(=O)N3CCCCC3C(=O)OC(C(C)=CC3CCC(OCC(=O)c4cc(C)cc(C(F)(F)F)c4)C(OC)C3)C(C)C(O)CC1=O)C(C)CC2OC. The number of nitrogens with zero attached hydrogens (tertiary/aromatic N) is 1. The molecular formula is C53H76F3NO13. The summed E-state index contributed by atoms with van der Waals surface area (Å²) < 4.78 is 76.6. The van der Waals surface area contributed by atoms with E-state index in [9.17, 15) is 47.4 Å². The Bertz CT molecular complexity index is 2070. The number of hydrogen-bond acceptors (Lipinski definition) is 13. The van der Waals surface area contributed by atoms with Crippen molar-refractivity contribution in [2.24, 2.45) is 29.6 Å². The Morgan fingerprint density at radius 2 is 1.57 bits per heavy atom. The molecule has 14 nitrogen and oxygen atoms in total. The van der Waals surface area contributed by atoms with Crippen LogP contribution in [-0.4, -0.2) is 133 Å². The number of ether oxygens (including phenoxy) is 6. The Morgan fingerprint density at radius 3 is 2.21 bits per heavy atom. The predicted octanol–water partition coefficient (Wildman–Crippen LogP) is 7.71. The van der Waals surface area contributed by atoms with E-state index in [0.29, 0.717) is 62.5 Å². The van der Waals surface area contributed by atoms with Crippen molar-refractivity contribution in [1.82, 2.24) is 4.90 Å². The number of hydrogen-bond donors (Lipinski definition) is 2. The van der Waals surface area contributed by atoms with E-state index in [1.165, 1.54) is 34.3 Å². The van der Waals surface area contributed by atoms with Gasteiger partial charge in [-0.15, -0.1) is 0 Å². The number of piperidine rings is 1. The monoisotopic (exact) mass is 992 g/mol. The third-order valence-electron chi connectivity index (χ3n) is 15.0. The van der Waals surface area contributed by atoms with E-state index in [1.807, 2.05) is 32.9 Å². The summed E-state index contributed by atoms with van der Waals surface area (Å²) in [5.74, 6) is -8.86. The summed E-state index contributed by atoms with van der Waals surface area (Å²) in [6.45, 7) is 12.0. The van der Waals surface area contributed by atoms with E-state index in [4.69, 9.17) is 28.4 Å². The molecule has 14 atom stereocenters. The highest BCUT2D eigenvalue weighted by atomic mass is 19.4. The molecule has 0 aromatic heterocycles. The molecule has 70 heavy (non-hydrogen) atoms. The number of alkyl halides is 3. The number of methoxy groups -OCH3 is 3. The number of rotatable bonds is 10. The third-order valence-corrected chi connectivity index (χ3v) is 15.0. The molecule has 3 fully saturated rings. The maximum Gasteiger partial charge on any atom is 0.416 e. The largest absolute Gasteiger partial charge is 0.456 e. The molecule has 14 unspecified atom stereocenters. The molecule has 3 heterocycles. The second-order valence-electron chi connectivity index (χ2n) is 20.4. The summed E-state index contributed by atoms with van der Waals surface area (Å²) in [5, 5.41) is 24.0. The van der Waals surface area contributed by atoms with E-state index >= 15 is 0 Å². The van der Waals surface area contributed by atoms with Gasteiger partial charge in [0, 0.05) is 57.6 Å². The number of halogens is 3. The molecule has 5 rings (SSSR count). The first-order valence-corrected chi connectivity index (χ1v) is 24.9. The van der Waals surface area contributed by atoms with Gasteiger partial charge in [0.2, 0.25) is 5.79 Å². The highest BCUT2D eigenvalue weighted by molar-refractivity contribution is 6.39. The van der Waals surface area contributed by atoms with Gasteiger partial charge >= 0.3 is 12.1 Å². The zero-order valence-electron chi connectivity index (χ0n) is 42.6. The quantitative estimate of drug-likeness (QED) is 0.101. The van der Waals surface area contributed by atoms with Gasteiger partial charge in [0.1, 0.15) is 30.6 Å². The van der Waals surface area contributed by atoms with Crippen molar-refractivity contribution in [1.29, 1.82) is 0 Å². The first-order chi connectivity index (χ1) is 32.9. The highest BCUT2D eigenvalue weighted by Gasteiger charge is 2.56. The minimum Gasteiger partial charge on any atom is -0.456 e. The lowest BCUT2D eigenvalue weighted by molar-refractivity contribution is -0.302. The smallest absolute Gasteiger partial charge is 0.416 e. The van der Waals surface area contributed by atoms with E-state index in [1.54, 1.807) is 20.8 Å². The van der Waals surface area contributed by atoms with Crippen LogP contribution in [0.5, 0.6) is 0 Å². The fourth-order valence-electron chi connectivity index (χ4n) is 10.9. The topological polar surface area (TPSA) is 184 Å². The van der Waals surface area contributed by atoms with Gasteiger partial charge in [-0.1, -0.05) is 45.4 Å². The summed E-state index contributed by atoms with van der Waals surface area (Å²) in [5.41, 5.74) is 0.778. The van der Waals surface area contributed by atoms with Crippen LogP contribution in [0.3, 0.4) is 0 Å². The molecule has 1 amide bonds. The Labute approximate surface area is 411 Å². The van der Waals surface area contributed by atoms with Crippen molar-refractivity contribution < 1.29 is 75.8 Å². The van der Waals surface area contributed by atoms with Crippen molar-refractivity contribution in [2.75, 3.05) is 34.5 Å². The molecule has 0 radical (unpaired) electrons. The maximum atomic E-state index is 14.5. The molecule has 2 bridgehead atoms. The molecule has 17 heteroatoms. The van der Waals surface area contributed by atoms with Crippen LogP contribution in [0.1, 0.15) is 134 Å². The summed E-state index contributed by atoms with van der Waals surface area (Å²) in [7, 11) is 4.52. The molecule has 392 valence electrons. The van der Waals surface area contributed by atoms with E-state index in [-0.39, 0.29) is 49.0 Å². The van der Waals surface area contributed by atoms with Crippen molar-refractivity contribution in [2.45, 2.75) is 180 Å². The molecule has 2 N–H and O–H groups in total. The molecule has 2 saturated heterocycles. The lowest BCUT2D eigenvalue weighted by Gasteiger charge is -2.47. The minimum absolute atomic E-state index is 0.0133. The van der Waals surface area contributed by atoms with Crippen molar-refractivity contribution in [3.8, 4) is 0 Å². The number of carbonyl (C=O) groups is 5. The molecular weight excluding hydrogens is 916 g/mol. The molecule has 1 saturated carbocycles. The number of aliphatic hydroxyl groups is 2. The Morgan fingerprint density at radius 1 is 0.900 bits per heavy atom. The summed E-state index contributed by atoms with van der Waals surface area (Å²) in [6.07, 6.45) is -2.38. The Balaban J connectivity index is 1.44. The normalized spacial score (nSPS) is 35.8. The summed E-state index contributed by atoms with van der Waals surface area (Å²) >= 11 is 0. The number of fused-ring (bicyclic) bond motifs is 3. The standard InChI is InChI=1S/C53H76F3NO13/c1-11-36-19-29(2)18-30(3)22-45(66-9)48-46(67-10)24-33(6)52(64,70-48)49(61)50(62)57-17-13-12-14-39(57)51(63)69-47(34(7)40(58)27-41(36)59)32(5)23-35-15-16-43(44(25-35)65-8)68-28-42(60)37-20-31(4)21-38(26-37)53(54,55)56/h19-21,23,26,30,33-36,39-40,43-48,58,64H,11-18,22,24-25,27-28H2,1-10H3/b29-19+,32-23?. The average Bonchev–Trinajstić information content (AvgIpc) is 3.32. The second kappa shape index (κ2) is 24.7. The van der Waals surface area contributed by atoms with Gasteiger partial charge in [0.15, 0.2) is 5.78 Å². The van der Waals surface area contributed by atoms with E-state index < -0.39 is 114 Å². The number of carbonyl (C=O) groups excluding carboxylic acids is 5. The van der Waals surface area contributed by atoms with Crippen LogP contribution in [0.2, 0.25) is 0 Å². The highest BCUT2D eigenvalue weighted by Crippen LogP contribution is 2.40. The number of cyclic esters (lactones) is 1. The maximum absolute atomic E-state index is 14.5. The number of allylic oxidation sites excluding steroid dienone is 3. The van der Waals surface area contributed by atoms with Crippen LogP contribution in [0.4, 0.5) is 13.2 Å². The van der Waals surface area contributed by atoms with Crippen LogP contribution in [-0.2, 0) is 53.8 Å². The number of aryl methyl sites for hydroxylation is 1. The fourth-order valence-corrected chi connectivity index (χ4v) is 10.9. The number of Topliss-reactive ketones (excluding diaryl/α,β-unsaturated/α-hetero) is 3. The molecule has 1 aromatic rings. The van der Waals surface area contributed by atoms with Crippen LogP contribution in [0.15, 0.2) is 41.5 Å². The van der Waals surface area contributed by atoms with Crippen LogP contribution in [0, 0.1) is 36.5 Å². The van der Waals surface area contributed by atoms with Gasteiger partial charge < -0.3 is 43.5 Å². The molecule has 3 aliphatic heterocycles. The second-order valence-corrected chi connectivity index (χ2v) is 20.4. The van der Waals surface area contributed by atoms with Crippen molar-refractivity contribution in [3.05, 3.63) is 58.2 Å². The third kappa shape index (κ3) is 13.8. The average molecular weight is 992 g/mol. The van der Waals surface area contributed by atoms with Gasteiger partial charge in [-0.05, 0) is 126 Å². The molecule has 0 spiro atoms. The first-order valence-electron chi connectivity index (χ1n) is 24.9. The minimum atomic E-state index is -4.62.